The predicted octanol–water partition coefficient (Wildman–Crippen LogP) is 9.13. The van der Waals surface area contributed by atoms with E-state index in [0.29, 0.717) is 0 Å². The molecule has 33 heavy (non-hydrogen) atoms. The van der Waals surface area contributed by atoms with Gasteiger partial charge in [0.15, 0.2) is 23.4 Å². The quantitative estimate of drug-likeness (QED) is 0.197. The van der Waals surface area contributed by atoms with E-state index >= 15 is 0 Å². The molecule has 0 heterocycles. The summed E-state index contributed by atoms with van der Waals surface area (Å²) in [7, 11) is -2.81. The first-order valence-corrected chi connectivity index (χ1v) is 13.7. The lowest BCUT2D eigenvalue weighted by Crippen LogP contribution is -2.20. The predicted molar refractivity (Wildman–Crippen MR) is 141 cm³/mol. The third-order valence-electron chi connectivity index (χ3n) is 5.71. The Morgan fingerprint density at radius 3 is 1.33 bits per heavy atom. The first kappa shape index (κ1) is 25.1. The van der Waals surface area contributed by atoms with Gasteiger partial charge in [-0.15, -0.1) is 0 Å². The van der Waals surface area contributed by atoms with Gasteiger partial charge in [0.1, 0.15) is 0 Å². The maximum Gasteiger partial charge on any atom is 0.541 e. The Kier molecular flexibility index (Phi) is 9.21. The second kappa shape index (κ2) is 12.1. The number of unbranched alkanes of at least 4 members (excludes halogenated alkanes) is 2. The molecule has 0 aromatic heterocycles. The van der Waals surface area contributed by atoms with Crippen LogP contribution in [0.25, 0.3) is 0 Å². The van der Waals surface area contributed by atoms with Crippen molar-refractivity contribution in [2.45, 2.75) is 60.3 Å². The molecule has 4 heteroatoms. The van der Waals surface area contributed by atoms with Gasteiger partial charge in [0.25, 0.3) is 0 Å². The van der Waals surface area contributed by atoms with Crippen LogP contribution in [0.2, 0.25) is 0 Å². The highest BCUT2D eigenvalue weighted by Crippen LogP contribution is 2.62. The summed E-state index contributed by atoms with van der Waals surface area (Å²) >= 11 is 0. The van der Waals surface area contributed by atoms with Crippen LogP contribution in [0.15, 0.2) is 72.8 Å². The summed E-state index contributed by atoms with van der Waals surface area (Å²) < 4.78 is 20.2. The van der Waals surface area contributed by atoms with Crippen LogP contribution in [0.4, 0.5) is 0 Å². The zero-order valence-electron chi connectivity index (χ0n) is 20.7. The van der Waals surface area contributed by atoms with Crippen LogP contribution in [-0.2, 0) is 0 Å². The molecule has 3 rings (SSSR count). The number of hydrogen-bond donors (Lipinski definition) is 0. The third-order valence-corrected chi connectivity index (χ3v) is 8.00. The lowest BCUT2D eigenvalue weighted by molar-refractivity contribution is 0.348. The van der Waals surface area contributed by atoms with Crippen molar-refractivity contribution in [1.29, 1.82) is 0 Å². The molecular weight excluding hydrogens is 427 g/mol. The van der Waals surface area contributed by atoms with Crippen LogP contribution in [0.5, 0.6) is 17.2 Å². The number of hydrogen-bond acceptors (Lipinski definition) is 3. The monoisotopic (exact) mass is 465 g/mol. The van der Waals surface area contributed by atoms with Gasteiger partial charge in [-0.1, -0.05) is 81.3 Å². The van der Waals surface area contributed by atoms with Crippen molar-refractivity contribution in [3.8, 4) is 17.2 Å². The molecule has 0 radical (unpaired) electrons. The topological polar surface area (TPSA) is 27.7 Å². The van der Waals surface area contributed by atoms with Gasteiger partial charge in [-0.3, -0.25) is 13.6 Å². The molecule has 0 fully saturated rings. The molecule has 176 valence electrons. The molecule has 0 saturated carbocycles. The smallest absolute Gasteiger partial charge is 0.271 e. The minimum absolute atomic E-state index is 0.721. The van der Waals surface area contributed by atoms with Crippen molar-refractivity contribution < 1.29 is 13.6 Å². The van der Waals surface area contributed by atoms with Crippen molar-refractivity contribution in [2.75, 3.05) is 6.16 Å². The first-order valence-electron chi connectivity index (χ1n) is 12.0. The van der Waals surface area contributed by atoms with Gasteiger partial charge in [0.05, 0.1) is 0 Å². The largest absolute Gasteiger partial charge is 0.541 e. The average molecular weight is 466 g/mol. The standard InChI is InChI=1S/C29H38O3P/c1-23(2)15-7-6-14-22-33(30-27-19-11-8-16-24(27)3,31-28-20-12-9-17-25(28)4)32-29-21-13-10-18-26(29)5/h8-13,16-21,23H,6-7,14-15,22H2,1-5H3/q+1. The summed E-state index contributed by atoms with van der Waals surface area (Å²) in [4.78, 5) is 0. The minimum Gasteiger partial charge on any atom is -0.271 e. The van der Waals surface area contributed by atoms with Crippen LogP contribution < -0.4 is 13.6 Å². The average Bonchev–Trinajstić information content (AvgIpc) is 2.78. The van der Waals surface area contributed by atoms with E-state index in [1.165, 1.54) is 12.8 Å². The van der Waals surface area contributed by atoms with E-state index < -0.39 is 7.94 Å². The summed E-state index contributed by atoms with van der Waals surface area (Å²) in [5.74, 6) is 3.17. The number of para-hydroxylation sites is 3. The van der Waals surface area contributed by atoms with Crippen molar-refractivity contribution in [3.05, 3.63) is 89.5 Å². The highest BCUT2D eigenvalue weighted by molar-refractivity contribution is 7.62. The molecule has 0 unspecified atom stereocenters. The van der Waals surface area contributed by atoms with E-state index in [4.69, 9.17) is 13.6 Å². The molecule has 3 aromatic carbocycles. The SMILES string of the molecule is Cc1ccccc1O[P+](CCCCCC(C)C)(Oc1ccccc1C)Oc1ccccc1C. The van der Waals surface area contributed by atoms with E-state index in [0.717, 1.165) is 58.9 Å². The second-order valence-corrected chi connectivity index (χ2v) is 11.4. The van der Waals surface area contributed by atoms with Gasteiger partial charge in [-0.25, -0.2) is 0 Å². The van der Waals surface area contributed by atoms with E-state index in [1.54, 1.807) is 0 Å². The molecule has 0 aliphatic heterocycles. The number of aryl methyl sites for hydroxylation is 3. The van der Waals surface area contributed by atoms with E-state index in [9.17, 15) is 0 Å². The molecule has 0 N–H and O–H groups in total. The molecule has 0 aliphatic rings. The number of rotatable bonds is 12. The zero-order valence-corrected chi connectivity index (χ0v) is 21.6. The van der Waals surface area contributed by atoms with E-state index in [2.05, 4.69) is 52.8 Å². The maximum absolute atomic E-state index is 6.75. The Morgan fingerprint density at radius 2 is 0.970 bits per heavy atom. The summed E-state index contributed by atoms with van der Waals surface area (Å²) in [5.41, 5.74) is 3.22. The maximum atomic E-state index is 6.75. The lowest BCUT2D eigenvalue weighted by atomic mass is 10.1. The molecule has 3 aromatic rings. The fourth-order valence-electron chi connectivity index (χ4n) is 3.65. The molecule has 0 spiro atoms. The highest BCUT2D eigenvalue weighted by Gasteiger charge is 2.50. The van der Waals surface area contributed by atoms with Crippen molar-refractivity contribution >= 4 is 7.94 Å². The first-order chi connectivity index (χ1) is 15.9. The Labute approximate surface area is 200 Å². The second-order valence-electron chi connectivity index (χ2n) is 9.15. The molecule has 0 saturated heterocycles. The van der Waals surface area contributed by atoms with Gasteiger partial charge in [-0.05, 0) is 74.4 Å². The van der Waals surface area contributed by atoms with Gasteiger partial charge < -0.3 is 0 Å². The third kappa shape index (κ3) is 7.51. The molecule has 0 bridgehead atoms. The summed E-state index contributed by atoms with van der Waals surface area (Å²) in [6, 6.07) is 24.3. The van der Waals surface area contributed by atoms with E-state index in [-0.39, 0.29) is 0 Å². The fraction of sp³-hybridized carbons (Fsp3) is 0.379. The number of benzene rings is 3. The van der Waals surface area contributed by atoms with Crippen LogP contribution >= 0.6 is 7.94 Å². The van der Waals surface area contributed by atoms with Crippen molar-refractivity contribution in [1.82, 2.24) is 0 Å². The van der Waals surface area contributed by atoms with Crippen LogP contribution in [0.1, 0.15) is 56.2 Å². The highest BCUT2D eigenvalue weighted by atomic mass is 31.2. The molecule has 3 nitrogen and oxygen atoms in total. The Balaban J connectivity index is 1.97. The summed E-state index contributed by atoms with van der Waals surface area (Å²) in [5, 5.41) is 0. The molecule has 0 amide bonds. The minimum atomic E-state index is -2.81. The van der Waals surface area contributed by atoms with Crippen LogP contribution in [0, 0.1) is 26.7 Å². The molecule has 0 aliphatic carbocycles. The molecule has 0 atom stereocenters. The van der Waals surface area contributed by atoms with Crippen molar-refractivity contribution in [2.24, 2.45) is 5.92 Å². The lowest BCUT2D eigenvalue weighted by Gasteiger charge is -2.25. The summed E-state index contributed by atoms with van der Waals surface area (Å²) in [6.07, 6.45) is 5.29. The normalized spacial score (nSPS) is 11.5. The Morgan fingerprint density at radius 1 is 0.576 bits per heavy atom. The zero-order chi connectivity index (χ0) is 23.7. The van der Waals surface area contributed by atoms with E-state index in [1.807, 2.05) is 54.6 Å². The fourth-order valence-corrected chi connectivity index (χ4v) is 6.16. The van der Waals surface area contributed by atoms with Gasteiger partial charge in [0.2, 0.25) is 0 Å². The van der Waals surface area contributed by atoms with Crippen LogP contribution in [0.3, 0.4) is 0 Å². The Bertz CT molecular complexity index is 899. The summed E-state index contributed by atoms with van der Waals surface area (Å²) in [6.45, 7) is 10.7. The van der Waals surface area contributed by atoms with Crippen molar-refractivity contribution in [3.63, 3.8) is 0 Å². The Hall–Kier alpha value is -2.51. The van der Waals surface area contributed by atoms with Gasteiger partial charge in [-0.2, -0.15) is 0 Å². The molecular formula is C29H38O3P+. The van der Waals surface area contributed by atoms with Gasteiger partial charge >= 0.3 is 7.94 Å². The van der Waals surface area contributed by atoms with Gasteiger partial charge in [0, 0.05) is 0 Å². The van der Waals surface area contributed by atoms with Crippen LogP contribution in [-0.4, -0.2) is 6.16 Å².